The lowest BCUT2D eigenvalue weighted by atomic mass is 10.1. The quantitative estimate of drug-likeness (QED) is 0.403. The fourth-order valence-corrected chi connectivity index (χ4v) is 3.61. The number of benzene rings is 2. The molecule has 0 aliphatic heterocycles. The van der Waals surface area contributed by atoms with Crippen LogP contribution in [0.4, 0.5) is 0 Å². The monoisotopic (exact) mass is 431 g/mol. The van der Waals surface area contributed by atoms with E-state index in [1.807, 2.05) is 55.5 Å². The summed E-state index contributed by atoms with van der Waals surface area (Å²) < 4.78 is 5.89. The Kier molecular flexibility index (Phi) is 6.43. The molecule has 0 spiro atoms. The summed E-state index contributed by atoms with van der Waals surface area (Å²) in [5.74, 6) is 0.414. The van der Waals surface area contributed by atoms with Gasteiger partial charge in [0.2, 0.25) is 0 Å². The molecule has 0 fully saturated rings. The van der Waals surface area contributed by atoms with Crippen LogP contribution in [0, 0.1) is 6.92 Å². The molecular weight excluding hydrogens is 410 g/mol. The Hall–Kier alpha value is -3.44. The van der Waals surface area contributed by atoms with Crippen molar-refractivity contribution in [2.75, 3.05) is 6.61 Å². The van der Waals surface area contributed by atoms with Gasteiger partial charge >= 0.3 is 0 Å². The molecule has 1 amide bonds. The fraction of sp³-hybridized carbons (Fsp3) is 0.160. The summed E-state index contributed by atoms with van der Waals surface area (Å²) in [7, 11) is 0. The standard InChI is InChI=1S/C25H22ClN3O2/c1-18-6-2-3-8-20(18)16-29(15-19-7-4-12-27-14-19)24(30)17-31-23-11-10-22(26)21-9-5-13-28-25(21)23/h2-14H,15-17H2,1H3. The van der Waals surface area contributed by atoms with Crippen molar-refractivity contribution in [1.82, 2.24) is 14.9 Å². The van der Waals surface area contributed by atoms with Crippen LogP contribution in [0.5, 0.6) is 5.75 Å². The Labute approximate surface area is 186 Å². The van der Waals surface area contributed by atoms with Crippen molar-refractivity contribution < 1.29 is 9.53 Å². The molecule has 0 aliphatic carbocycles. The number of rotatable bonds is 7. The zero-order valence-corrected chi connectivity index (χ0v) is 17.9. The first-order valence-electron chi connectivity index (χ1n) is 9.99. The van der Waals surface area contributed by atoms with Crippen LogP contribution in [0.2, 0.25) is 5.02 Å². The number of amides is 1. The van der Waals surface area contributed by atoms with E-state index in [2.05, 4.69) is 9.97 Å². The Morgan fingerprint density at radius 2 is 1.84 bits per heavy atom. The van der Waals surface area contributed by atoms with E-state index in [0.29, 0.717) is 29.4 Å². The van der Waals surface area contributed by atoms with E-state index in [9.17, 15) is 4.79 Å². The van der Waals surface area contributed by atoms with Gasteiger partial charge in [-0.15, -0.1) is 0 Å². The highest BCUT2D eigenvalue weighted by molar-refractivity contribution is 6.35. The van der Waals surface area contributed by atoms with Gasteiger partial charge in [0.25, 0.3) is 5.91 Å². The highest BCUT2D eigenvalue weighted by atomic mass is 35.5. The van der Waals surface area contributed by atoms with Crippen LogP contribution in [0.15, 0.2) is 79.3 Å². The largest absolute Gasteiger partial charge is 0.481 e. The van der Waals surface area contributed by atoms with E-state index >= 15 is 0 Å². The zero-order valence-electron chi connectivity index (χ0n) is 17.2. The second kappa shape index (κ2) is 9.58. The molecule has 0 unspecified atom stereocenters. The minimum absolute atomic E-state index is 0.0978. The van der Waals surface area contributed by atoms with Crippen LogP contribution in [-0.2, 0) is 17.9 Å². The zero-order chi connectivity index (χ0) is 21.6. The number of carbonyl (C=O) groups excluding carboxylic acids is 1. The van der Waals surface area contributed by atoms with E-state index in [0.717, 1.165) is 22.1 Å². The molecule has 0 aliphatic rings. The normalized spacial score (nSPS) is 10.8. The average Bonchev–Trinajstić information content (AvgIpc) is 2.80. The molecule has 0 radical (unpaired) electrons. The Morgan fingerprint density at radius 3 is 2.65 bits per heavy atom. The van der Waals surface area contributed by atoms with Gasteiger partial charge in [0, 0.05) is 37.1 Å². The molecule has 31 heavy (non-hydrogen) atoms. The number of hydrogen-bond acceptors (Lipinski definition) is 4. The summed E-state index contributed by atoms with van der Waals surface area (Å²) in [5.41, 5.74) is 3.84. The third-order valence-corrected chi connectivity index (χ3v) is 5.43. The van der Waals surface area contributed by atoms with Gasteiger partial charge in [-0.1, -0.05) is 41.9 Å². The first-order valence-corrected chi connectivity index (χ1v) is 10.4. The molecule has 2 heterocycles. The first kappa shape index (κ1) is 20.8. The van der Waals surface area contributed by atoms with Crippen molar-refractivity contribution >= 4 is 28.4 Å². The fourth-order valence-electron chi connectivity index (χ4n) is 3.40. The summed E-state index contributed by atoms with van der Waals surface area (Å²) in [6.45, 7) is 2.89. The predicted molar refractivity (Wildman–Crippen MR) is 122 cm³/mol. The van der Waals surface area contributed by atoms with Gasteiger partial charge in [-0.05, 0) is 53.9 Å². The summed E-state index contributed by atoms with van der Waals surface area (Å²) >= 11 is 6.26. The third kappa shape index (κ3) is 5.01. The summed E-state index contributed by atoms with van der Waals surface area (Å²) in [4.78, 5) is 23.5. The minimum Gasteiger partial charge on any atom is -0.481 e. The van der Waals surface area contributed by atoms with Crippen LogP contribution in [-0.4, -0.2) is 27.4 Å². The molecular formula is C25H22ClN3O2. The Morgan fingerprint density at radius 1 is 1.00 bits per heavy atom. The summed E-state index contributed by atoms with van der Waals surface area (Å²) in [6.07, 6.45) is 5.18. The molecule has 4 rings (SSSR count). The molecule has 156 valence electrons. The van der Waals surface area contributed by atoms with Crippen molar-refractivity contribution in [3.63, 3.8) is 0 Å². The van der Waals surface area contributed by atoms with Crippen LogP contribution in [0.1, 0.15) is 16.7 Å². The number of ether oxygens (including phenoxy) is 1. The summed E-state index contributed by atoms with van der Waals surface area (Å²) in [6, 6.07) is 19.1. The van der Waals surface area contributed by atoms with Crippen LogP contribution < -0.4 is 4.74 Å². The molecule has 0 N–H and O–H groups in total. The minimum atomic E-state index is -0.119. The molecule has 6 heteroatoms. The number of fused-ring (bicyclic) bond motifs is 1. The molecule has 0 saturated carbocycles. The van der Waals surface area contributed by atoms with Gasteiger partial charge in [0.15, 0.2) is 6.61 Å². The van der Waals surface area contributed by atoms with Gasteiger partial charge in [0.1, 0.15) is 11.3 Å². The van der Waals surface area contributed by atoms with E-state index in [1.54, 1.807) is 35.6 Å². The van der Waals surface area contributed by atoms with Gasteiger partial charge in [-0.2, -0.15) is 0 Å². The first-order chi connectivity index (χ1) is 15.1. The molecule has 5 nitrogen and oxygen atoms in total. The van der Waals surface area contributed by atoms with Crippen LogP contribution >= 0.6 is 11.6 Å². The lowest BCUT2D eigenvalue weighted by Gasteiger charge is -2.24. The lowest BCUT2D eigenvalue weighted by molar-refractivity contribution is -0.134. The summed E-state index contributed by atoms with van der Waals surface area (Å²) in [5, 5.41) is 1.39. The average molecular weight is 432 g/mol. The molecule has 2 aromatic carbocycles. The van der Waals surface area contributed by atoms with E-state index < -0.39 is 0 Å². The van der Waals surface area contributed by atoms with Gasteiger partial charge in [0.05, 0.1) is 5.02 Å². The Balaban J connectivity index is 1.54. The van der Waals surface area contributed by atoms with Crippen molar-refractivity contribution in [1.29, 1.82) is 0 Å². The number of hydrogen-bond donors (Lipinski definition) is 0. The maximum absolute atomic E-state index is 13.2. The smallest absolute Gasteiger partial charge is 0.261 e. The van der Waals surface area contributed by atoms with Crippen LogP contribution in [0.3, 0.4) is 0 Å². The van der Waals surface area contributed by atoms with Gasteiger partial charge < -0.3 is 9.64 Å². The lowest BCUT2D eigenvalue weighted by Crippen LogP contribution is -2.34. The molecule has 4 aromatic rings. The SMILES string of the molecule is Cc1ccccc1CN(Cc1cccnc1)C(=O)COc1ccc(Cl)c2cccnc12. The number of aromatic nitrogens is 2. The van der Waals surface area contributed by atoms with E-state index in [-0.39, 0.29) is 12.5 Å². The van der Waals surface area contributed by atoms with Crippen molar-refractivity contribution in [2.45, 2.75) is 20.0 Å². The van der Waals surface area contributed by atoms with Gasteiger partial charge in [-0.25, -0.2) is 0 Å². The molecule has 0 atom stereocenters. The highest BCUT2D eigenvalue weighted by Gasteiger charge is 2.17. The van der Waals surface area contributed by atoms with Crippen LogP contribution in [0.25, 0.3) is 10.9 Å². The number of carbonyl (C=O) groups is 1. The van der Waals surface area contributed by atoms with Gasteiger partial charge in [-0.3, -0.25) is 14.8 Å². The maximum atomic E-state index is 13.2. The van der Waals surface area contributed by atoms with E-state index in [4.69, 9.17) is 16.3 Å². The molecule has 0 saturated heterocycles. The number of nitrogens with zero attached hydrogens (tertiary/aromatic N) is 3. The number of halogens is 1. The van der Waals surface area contributed by atoms with Crippen molar-refractivity contribution in [3.8, 4) is 5.75 Å². The van der Waals surface area contributed by atoms with E-state index in [1.165, 1.54) is 0 Å². The third-order valence-electron chi connectivity index (χ3n) is 5.10. The maximum Gasteiger partial charge on any atom is 0.261 e. The topological polar surface area (TPSA) is 55.3 Å². The Bertz CT molecular complexity index is 1200. The predicted octanol–water partition coefficient (Wildman–Crippen LogP) is 5.20. The molecule has 0 bridgehead atoms. The number of pyridine rings is 2. The number of aryl methyl sites for hydroxylation is 1. The highest BCUT2D eigenvalue weighted by Crippen LogP contribution is 2.29. The molecule has 2 aromatic heterocycles. The second-order valence-electron chi connectivity index (χ2n) is 7.27. The van der Waals surface area contributed by atoms with Crippen molar-refractivity contribution in [3.05, 3.63) is 101 Å². The second-order valence-corrected chi connectivity index (χ2v) is 7.68. The van der Waals surface area contributed by atoms with Crippen molar-refractivity contribution in [2.24, 2.45) is 0 Å².